The van der Waals surface area contributed by atoms with E-state index in [-0.39, 0.29) is 17.4 Å². The number of unbranched alkanes of at least 4 members (excludes halogenated alkanes) is 5. The molecular weight excluding hydrogens is 583 g/mol. The molecule has 0 radical (unpaired) electrons. The smallest absolute Gasteiger partial charge is 0.346 e. The number of hydrogen-bond acceptors (Lipinski definition) is 7. The fourth-order valence-corrected chi connectivity index (χ4v) is 5.16. The molecule has 0 spiro atoms. The molecule has 0 N–H and O–H groups in total. The lowest BCUT2D eigenvalue weighted by Gasteiger charge is -2.15. The number of carbonyl (C=O) groups excluding carboxylic acids is 1. The van der Waals surface area contributed by atoms with Crippen LogP contribution in [0.3, 0.4) is 0 Å². The zero-order chi connectivity index (χ0) is 32.3. The summed E-state index contributed by atoms with van der Waals surface area (Å²) in [5.41, 5.74) is 1.29. The highest BCUT2D eigenvalue weighted by Gasteiger charge is 2.17. The second-order valence-electron chi connectivity index (χ2n) is 11.5. The van der Waals surface area contributed by atoms with Crippen molar-refractivity contribution in [1.82, 2.24) is 10.2 Å². The number of nitrogens with zero attached hydrogens (tertiary/aromatic N) is 2. The van der Waals surface area contributed by atoms with E-state index in [1.165, 1.54) is 25.0 Å². The third kappa shape index (κ3) is 8.71. The predicted octanol–water partition coefficient (Wildman–Crippen LogP) is 10.2. The summed E-state index contributed by atoms with van der Waals surface area (Å²) in [5, 5.41) is 10.5. The van der Waals surface area contributed by atoms with E-state index >= 15 is 0 Å². The largest absolute Gasteiger partial charge is 0.494 e. The highest BCUT2D eigenvalue weighted by Crippen LogP contribution is 2.30. The van der Waals surface area contributed by atoms with Crippen LogP contribution in [0.15, 0.2) is 83.3 Å². The van der Waals surface area contributed by atoms with Gasteiger partial charge in [-0.25, -0.2) is 9.18 Å². The molecule has 1 atom stereocenters. The first-order chi connectivity index (χ1) is 22.4. The monoisotopic (exact) mass is 624 g/mol. The number of aromatic nitrogens is 2. The van der Waals surface area contributed by atoms with Crippen LogP contribution in [-0.4, -0.2) is 28.9 Å². The van der Waals surface area contributed by atoms with E-state index in [2.05, 4.69) is 24.0 Å². The standard InChI is InChI=1S/C38H41FN2O5/c1-4-6-8-9-11-26(3)44-33-20-21-34(35(39)25-33)38(42)45-31-17-14-27(15-18-31)36-40-41-37(46-36)30-13-12-29-24-32(19-16-28(29)23-30)43-22-10-7-5-2/h12-21,23-26H,4-11,22H2,1-3H3/t26-/m1/s1. The minimum Gasteiger partial charge on any atom is -0.494 e. The van der Waals surface area contributed by atoms with Gasteiger partial charge in [0.2, 0.25) is 11.8 Å². The van der Waals surface area contributed by atoms with Gasteiger partial charge >= 0.3 is 5.97 Å². The Hall–Kier alpha value is -4.72. The number of carbonyl (C=O) groups is 1. The van der Waals surface area contributed by atoms with Gasteiger partial charge in [0.25, 0.3) is 0 Å². The Balaban J connectivity index is 1.18. The summed E-state index contributed by atoms with van der Waals surface area (Å²) in [4.78, 5) is 12.7. The lowest BCUT2D eigenvalue weighted by molar-refractivity contribution is 0.0729. The van der Waals surface area contributed by atoms with Gasteiger partial charge in [-0.2, -0.15) is 0 Å². The molecule has 4 aromatic carbocycles. The highest BCUT2D eigenvalue weighted by molar-refractivity contribution is 5.91. The molecule has 0 amide bonds. The number of fused-ring (bicyclic) bond motifs is 1. The third-order valence-electron chi connectivity index (χ3n) is 7.77. The molecule has 0 unspecified atom stereocenters. The van der Waals surface area contributed by atoms with Crippen molar-refractivity contribution in [3.63, 3.8) is 0 Å². The number of ether oxygens (including phenoxy) is 3. The highest BCUT2D eigenvalue weighted by atomic mass is 19.1. The average Bonchev–Trinajstić information content (AvgIpc) is 3.56. The Bertz CT molecular complexity index is 1730. The second kappa shape index (κ2) is 16.0. The lowest BCUT2D eigenvalue weighted by atomic mass is 10.1. The average molecular weight is 625 g/mol. The van der Waals surface area contributed by atoms with Crippen molar-refractivity contribution in [3.8, 4) is 40.2 Å². The van der Waals surface area contributed by atoms with Crippen LogP contribution in [0.25, 0.3) is 33.7 Å². The van der Waals surface area contributed by atoms with Crippen LogP contribution in [-0.2, 0) is 0 Å². The maximum atomic E-state index is 14.8. The van der Waals surface area contributed by atoms with Gasteiger partial charge in [0.1, 0.15) is 23.1 Å². The maximum Gasteiger partial charge on any atom is 0.346 e. The van der Waals surface area contributed by atoms with Gasteiger partial charge in [-0.15, -0.1) is 10.2 Å². The fourth-order valence-electron chi connectivity index (χ4n) is 5.16. The van der Waals surface area contributed by atoms with Gasteiger partial charge in [-0.05, 0) is 97.6 Å². The van der Waals surface area contributed by atoms with Crippen molar-refractivity contribution in [1.29, 1.82) is 0 Å². The van der Waals surface area contributed by atoms with Gasteiger partial charge in [-0.3, -0.25) is 0 Å². The quantitative estimate of drug-likeness (QED) is 0.0613. The molecule has 8 heteroatoms. The SMILES string of the molecule is CCCCCC[C@@H](C)Oc1ccc(C(=O)Oc2ccc(-c3nnc(-c4ccc5cc(OCCCCC)ccc5c4)o3)cc2)c(F)c1. The minimum absolute atomic E-state index is 0.0381. The minimum atomic E-state index is -0.795. The molecule has 0 aliphatic heterocycles. The summed E-state index contributed by atoms with van der Waals surface area (Å²) in [6, 6.07) is 22.8. The Kier molecular flexibility index (Phi) is 11.4. The van der Waals surface area contributed by atoms with Crippen molar-refractivity contribution in [2.75, 3.05) is 6.61 Å². The van der Waals surface area contributed by atoms with E-state index in [1.54, 1.807) is 30.3 Å². The Morgan fingerprint density at radius 1 is 0.739 bits per heavy atom. The molecular formula is C38H41FN2O5. The predicted molar refractivity (Wildman–Crippen MR) is 178 cm³/mol. The zero-order valence-electron chi connectivity index (χ0n) is 26.8. The summed E-state index contributed by atoms with van der Waals surface area (Å²) in [6.07, 6.45) is 8.81. The first-order valence-electron chi connectivity index (χ1n) is 16.2. The molecule has 5 aromatic rings. The summed E-state index contributed by atoms with van der Waals surface area (Å²) in [6.45, 7) is 7.03. The first kappa shape index (κ1) is 32.7. The van der Waals surface area contributed by atoms with Crippen molar-refractivity contribution in [3.05, 3.63) is 90.2 Å². The third-order valence-corrected chi connectivity index (χ3v) is 7.77. The maximum absolute atomic E-state index is 14.8. The Morgan fingerprint density at radius 2 is 1.39 bits per heavy atom. The molecule has 7 nitrogen and oxygen atoms in total. The number of rotatable bonds is 16. The van der Waals surface area contributed by atoms with Crippen LogP contribution in [0.4, 0.5) is 4.39 Å². The molecule has 0 fully saturated rings. The number of benzene rings is 4. The lowest BCUT2D eigenvalue weighted by Crippen LogP contribution is -2.13. The van der Waals surface area contributed by atoms with E-state index in [0.29, 0.717) is 29.7 Å². The molecule has 0 aliphatic rings. The van der Waals surface area contributed by atoms with Gasteiger partial charge in [0.05, 0.1) is 18.3 Å². The summed E-state index contributed by atoms with van der Waals surface area (Å²) in [7, 11) is 0. The molecule has 240 valence electrons. The number of halogens is 1. The van der Waals surface area contributed by atoms with E-state index in [0.717, 1.165) is 60.6 Å². The Morgan fingerprint density at radius 3 is 2.15 bits per heavy atom. The summed E-state index contributed by atoms with van der Waals surface area (Å²) < 4.78 is 37.9. The van der Waals surface area contributed by atoms with Crippen LogP contribution < -0.4 is 14.2 Å². The zero-order valence-corrected chi connectivity index (χ0v) is 26.8. The molecule has 1 aromatic heterocycles. The van der Waals surface area contributed by atoms with Gasteiger partial charge in [-0.1, -0.05) is 58.1 Å². The summed E-state index contributed by atoms with van der Waals surface area (Å²) >= 11 is 0. The van der Waals surface area contributed by atoms with E-state index in [4.69, 9.17) is 18.6 Å². The molecule has 0 aliphatic carbocycles. The van der Waals surface area contributed by atoms with Crippen LogP contribution in [0.2, 0.25) is 0 Å². The van der Waals surface area contributed by atoms with E-state index in [9.17, 15) is 9.18 Å². The van der Waals surface area contributed by atoms with E-state index in [1.807, 2.05) is 43.3 Å². The second-order valence-corrected chi connectivity index (χ2v) is 11.5. The normalized spacial score (nSPS) is 11.8. The first-order valence-corrected chi connectivity index (χ1v) is 16.2. The fraction of sp³-hybridized carbons (Fsp3) is 0.342. The van der Waals surface area contributed by atoms with Crippen molar-refractivity contribution in [2.45, 2.75) is 78.2 Å². The van der Waals surface area contributed by atoms with Crippen molar-refractivity contribution in [2.24, 2.45) is 0 Å². The Labute approximate surface area is 269 Å². The van der Waals surface area contributed by atoms with Crippen molar-refractivity contribution < 1.29 is 27.8 Å². The molecule has 5 rings (SSSR count). The van der Waals surface area contributed by atoms with Crippen molar-refractivity contribution >= 4 is 16.7 Å². The van der Waals surface area contributed by atoms with Gasteiger partial charge in [0, 0.05) is 17.2 Å². The van der Waals surface area contributed by atoms with Crippen LogP contribution >= 0.6 is 0 Å². The van der Waals surface area contributed by atoms with Crippen LogP contribution in [0.1, 0.15) is 82.5 Å². The molecule has 0 saturated carbocycles. The molecule has 0 saturated heterocycles. The van der Waals surface area contributed by atoms with Crippen LogP contribution in [0, 0.1) is 5.82 Å². The molecule has 1 heterocycles. The van der Waals surface area contributed by atoms with Gasteiger partial charge in [0.15, 0.2) is 0 Å². The summed E-state index contributed by atoms with van der Waals surface area (Å²) in [5.74, 6) is 0.734. The van der Waals surface area contributed by atoms with E-state index < -0.39 is 11.8 Å². The van der Waals surface area contributed by atoms with Gasteiger partial charge < -0.3 is 18.6 Å². The number of esters is 1. The topological polar surface area (TPSA) is 83.7 Å². The number of hydrogen-bond donors (Lipinski definition) is 0. The molecule has 46 heavy (non-hydrogen) atoms. The molecule has 0 bridgehead atoms. The van der Waals surface area contributed by atoms with Crippen LogP contribution in [0.5, 0.6) is 17.2 Å².